The van der Waals surface area contributed by atoms with Gasteiger partial charge >= 0.3 is 0 Å². The lowest BCUT2D eigenvalue weighted by molar-refractivity contribution is 0.553. The summed E-state index contributed by atoms with van der Waals surface area (Å²) in [5, 5.41) is 2.71. The third-order valence-electron chi connectivity index (χ3n) is 3.54. The molecule has 0 aliphatic carbocycles. The normalized spacial score (nSPS) is 26.8. The largest absolute Gasteiger partial charge is 0.312 e. The lowest BCUT2D eigenvalue weighted by atomic mass is 10.00. The molecule has 0 bridgehead atoms. The van der Waals surface area contributed by atoms with Crippen molar-refractivity contribution in [2.24, 2.45) is 0 Å². The molecule has 1 aliphatic heterocycles. The Hall–Kier alpha value is -0.870. The predicted octanol–water partition coefficient (Wildman–Crippen LogP) is 1.74. The molecule has 0 spiro atoms. The summed E-state index contributed by atoms with van der Waals surface area (Å²) in [6, 6.07) is 3.71. The molecule has 3 nitrogen and oxygen atoms in total. The molecule has 88 valence electrons. The molecule has 1 aromatic carbocycles. The Bertz CT molecular complexity index is 534. The fourth-order valence-electron chi connectivity index (χ4n) is 2.32. The van der Waals surface area contributed by atoms with Crippen LogP contribution in [-0.2, 0) is 9.84 Å². The highest BCUT2D eigenvalue weighted by Gasteiger charge is 2.41. The summed E-state index contributed by atoms with van der Waals surface area (Å²) in [5.41, 5.74) is 3.09. The summed E-state index contributed by atoms with van der Waals surface area (Å²) < 4.78 is 24.4. The summed E-state index contributed by atoms with van der Waals surface area (Å²) in [6.45, 7) is 5.72. The van der Waals surface area contributed by atoms with Crippen LogP contribution in [0.5, 0.6) is 0 Å². The molecular weight excluding hydrogens is 222 g/mol. The van der Waals surface area contributed by atoms with Crippen LogP contribution >= 0.6 is 0 Å². The average molecular weight is 239 g/mol. The maximum absolute atomic E-state index is 12.2. The van der Waals surface area contributed by atoms with Crippen LogP contribution in [0.2, 0.25) is 0 Å². The van der Waals surface area contributed by atoms with E-state index in [0.717, 1.165) is 16.7 Å². The van der Waals surface area contributed by atoms with E-state index in [1.54, 1.807) is 20.0 Å². The smallest absolute Gasteiger partial charge is 0.183 e. The van der Waals surface area contributed by atoms with Gasteiger partial charge in [-0.25, -0.2) is 8.42 Å². The van der Waals surface area contributed by atoms with Gasteiger partial charge in [0.1, 0.15) is 0 Å². The first-order valence-corrected chi connectivity index (χ1v) is 6.96. The second-order valence-corrected chi connectivity index (χ2v) is 6.76. The zero-order valence-corrected chi connectivity index (χ0v) is 10.9. The first kappa shape index (κ1) is 11.6. The van der Waals surface area contributed by atoms with Gasteiger partial charge in [-0.15, -0.1) is 0 Å². The Morgan fingerprint density at radius 2 is 1.75 bits per heavy atom. The second-order valence-electron chi connectivity index (χ2n) is 4.49. The van der Waals surface area contributed by atoms with Crippen LogP contribution in [0.1, 0.15) is 29.7 Å². The van der Waals surface area contributed by atoms with Crippen LogP contribution < -0.4 is 5.32 Å². The van der Waals surface area contributed by atoms with E-state index in [2.05, 4.69) is 5.32 Å². The van der Waals surface area contributed by atoms with Crippen molar-refractivity contribution in [3.63, 3.8) is 0 Å². The van der Waals surface area contributed by atoms with Gasteiger partial charge in [-0.2, -0.15) is 0 Å². The second kappa shape index (κ2) is 3.57. The van der Waals surface area contributed by atoms with Crippen LogP contribution in [0.15, 0.2) is 17.0 Å². The van der Waals surface area contributed by atoms with E-state index < -0.39 is 9.84 Å². The highest BCUT2D eigenvalue weighted by Crippen LogP contribution is 2.39. The van der Waals surface area contributed by atoms with Gasteiger partial charge in [-0.1, -0.05) is 6.07 Å². The van der Waals surface area contributed by atoms with Crippen molar-refractivity contribution >= 4 is 9.84 Å². The number of aryl methyl sites for hydroxylation is 2. The number of fused-ring (bicyclic) bond motifs is 1. The molecule has 0 saturated carbocycles. The van der Waals surface area contributed by atoms with Crippen molar-refractivity contribution in [1.29, 1.82) is 0 Å². The number of sulfone groups is 1. The van der Waals surface area contributed by atoms with Gasteiger partial charge in [-0.3, -0.25) is 0 Å². The molecule has 0 fully saturated rings. The molecule has 0 amide bonds. The Morgan fingerprint density at radius 1 is 1.19 bits per heavy atom. The van der Waals surface area contributed by atoms with Gasteiger partial charge in [0.2, 0.25) is 0 Å². The zero-order chi connectivity index (χ0) is 12.1. The fourth-order valence-corrected chi connectivity index (χ4v) is 4.22. The van der Waals surface area contributed by atoms with Gasteiger partial charge in [0.25, 0.3) is 0 Å². The molecule has 1 aliphatic rings. The summed E-state index contributed by atoms with van der Waals surface area (Å²) in [6.07, 6.45) is 0. The summed E-state index contributed by atoms with van der Waals surface area (Å²) in [5.74, 6) is 0. The molecule has 0 aromatic heterocycles. The zero-order valence-electron chi connectivity index (χ0n) is 10.0. The number of rotatable bonds is 1. The fraction of sp³-hybridized carbons (Fsp3) is 0.500. The predicted molar refractivity (Wildman–Crippen MR) is 64.4 cm³/mol. The van der Waals surface area contributed by atoms with E-state index in [1.807, 2.05) is 19.9 Å². The molecule has 1 heterocycles. The van der Waals surface area contributed by atoms with E-state index in [9.17, 15) is 8.42 Å². The summed E-state index contributed by atoms with van der Waals surface area (Å²) in [7, 11) is -1.34. The summed E-state index contributed by atoms with van der Waals surface area (Å²) in [4.78, 5) is 0.502. The number of hydrogen-bond donors (Lipinski definition) is 1. The average Bonchev–Trinajstić information content (AvgIpc) is 2.39. The molecular formula is C12H17NO2S. The SMILES string of the molecule is CNC1c2cc(C)c(C)cc2S(=O)(=O)C1C. The maximum Gasteiger partial charge on any atom is 0.183 e. The van der Waals surface area contributed by atoms with E-state index in [1.165, 1.54) is 0 Å². The highest BCUT2D eigenvalue weighted by molar-refractivity contribution is 7.92. The van der Waals surface area contributed by atoms with Crippen LogP contribution in [0.25, 0.3) is 0 Å². The van der Waals surface area contributed by atoms with Crippen LogP contribution in [0.4, 0.5) is 0 Å². The molecule has 16 heavy (non-hydrogen) atoms. The number of hydrogen-bond acceptors (Lipinski definition) is 3. The molecule has 0 radical (unpaired) electrons. The first-order valence-electron chi connectivity index (χ1n) is 5.42. The number of nitrogens with one attached hydrogen (secondary N) is 1. The van der Waals surface area contributed by atoms with E-state index in [-0.39, 0.29) is 11.3 Å². The lowest BCUT2D eigenvalue weighted by Gasteiger charge is -2.14. The van der Waals surface area contributed by atoms with Crippen molar-refractivity contribution in [2.45, 2.75) is 37.0 Å². The minimum Gasteiger partial charge on any atom is -0.312 e. The van der Waals surface area contributed by atoms with Crippen LogP contribution in [0, 0.1) is 13.8 Å². The quantitative estimate of drug-likeness (QED) is 0.812. The molecule has 0 saturated heterocycles. The first-order chi connectivity index (χ1) is 7.39. The molecule has 1 N–H and O–H groups in total. The molecule has 2 unspecified atom stereocenters. The van der Waals surface area contributed by atoms with Gasteiger partial charge in [0, 0.05) is 0 Å². The van der Waals surface area contributed by atoms with E-state index in [0.29, 0.717) is 4.90 Å². The summed E-state index contributed by atoms with van der Waals surface area (Å²) >= 11 is 0. The van der Waals surface area contributed by atoms with Gasteiger partial charge < -0.3 is 5.32 Å². The van der Waals surface area contributed by atoms with Crippen LogP contribution in [-0.4, -0.2) is 20.7 Å². The van der Waals surface area contributed by atoms with Crippen molar-refractivity contribution in [3.05, 3.63) is 28.8 Å². The monoisotopic (exact) mass is 239 g/mol. The number of benzene rings is 1. The Kier molecular flexibility index (Phi) is 2.59. The topological polar surface area (TPSA) is 46.2 Å². The Morgan fingerprint density at radius 3 is 2.31 bits per heavy atom. The molecule has 2 atom stereocenters. The van der Waals surface area contributed by atoms with Crippen molar-refractivity contribution in [3.8, 4) is 0 Å². The minimum atomic E-state index is -3.15. The van der Waals surface area contributed by atoms with E-state index in [4.69, 9.17) is 0 Å². The van der Waals surface area contributed by atoms with Crippen LogP contribution in [0.3, 0.4) is 0 Å². The molecule has 1 aromatic rings. The minimum absolute atomic E-state index is 0.0840. The van der Waals surface area contributed by atoms with Gasteiger partial charge in [0.05, 0.1) is 16.2 Å². The third-order valence-corrected chi connectivity index (χ3v) is 5.76. The Labute approximate surface area is 96.8 Å². The standard InChI is InChI=1S/C12H17NO2S/c1-7-5-10-11(6-8(7)2)16(14,15)9(3)12(10)13-4/h5-6,9,12-13H,1-4H3. The lowest BCUT2D eigenvalue weighted by Crippen LogP contribution is -2.26. The van der Waals surface area contributed by atoms with Crippen molar-refractivity contribution in [1.82, 2.24) is 5.32 Å². The van der Waals surface area contributed by atoms with Gasteiger partial charge in [0.15, 0.2) is 9.84 Å². The highest BCUT2D eigenvalue weighted by atomic mass is 32.2. The van der Waals surface area contributed by atoms with E-state index >= 15 is 0 Å². The van der Waals surface area contributed by atoms with Gasteiger partial charge in [-0.05, 0) is 50.6 Å². The third kappa shape index (κ3) is 1.40. The molecule has 4 heteroatoms. The molecule has 2 rings (SSSR count). The van der Waals surface area contributed by atoms with Crippen molar-refractivity contribution in [2.75, 3.05) is 7.05 Å². The Balaban J connectivity index is 2.75. The maximum atomic E-state index is 12.2. The van der Waals surface area contributed by atoms with Crippen molar-refractivity contribution < 1.29 is 8.42 Å².